The van der Waals surface area contributed by atoms with Crippen LogP contribution in [0.3, 0.4) is 0 Å². The number of aliphatic hydroxyl groups is 1. The van der Waals surface area contributed by atoms with E-state index in [9.17, 15) is 19.8 Å². The summed E-state index contributed by atoms with van der Waals surface area (Å²) in [5.41, 5.74) is 0.642. The van der Waals surface area contributed by atoms with Gasteiger partial charge in [-0.25, -0.2) is 9.78 Å². The van der Waals surface area contributed by atoms with Crippen LogP contribution < -0.4 is 16.6 Å². The van der Waals surface area contributed by atoms with Gasteiger partial charge in [0, 0.05) is 33.2 Å². The van der Waals surface area contributed by atoms with Crippen molar-refractivity contribution >= 4 is 11.2 Å². The van der Waals surface area contributed by atoms with Gasteiger partial charge in [-0.3, -0.25) is 13.9 Å². The molecule has 2 heterocycles. The first-order valence-corrected chi connectivity index (χ1v) is 9.10. The van der Waals surface area contributed by atoms with Gasteiger partial charge in [0.15, 0.2) is 11.2 Å². The summed E-state index contributed by atoms with van der Waals surface area (Å²) < 4.78 is 4.19. The lowest BCUT2D eigenvalue weighted by atomic mass is 10.1. The zero-order valence-electron chi connectivity index (χ0n) is 16.2. The molecule has 1 aromatic carbocycles. The molecule has 28 heavy (non-hydrogen) atoms. The Hall–Kier alpha value is -2.91. The van der Waals surface area contributed by atoms with Gasteiger partial charge in [-0.1, -0.05) is 12.1 Å². The first-order valence-electron chi connectivity index (χ1n) is 9.10. The van der Waals surface area contributed by atoms with Crippen molar-refractivity contribution in [2.75, 3.05) is 6.54 Å². The van der Waals surface area contributed by atoms with E-state index in [2.05, 4.69) is 10.3 Å². The van der Waals surface area contributed by atoms with E-state index < -0.39 is 11.8 Å². The van der Waals surface area contributed by atoms with Crippen molar-refractivity contribution in [3.8, 4) is 5.75 Å². The Morgan fingerprint density at radius 2 is 1.96 bits per heavy atom. The number of aryl methyl sites for hydroxylation is 2. The van der Waals surface area contributed by atoms with Crippen LogP contribution in [0.1, 0.15) is 25.0 Å². The fourth-order valence-corrected chi connectivity index (χ4v) is 3.16. The molecule has 0 spiro atoms. The van der Waals surface area contributed by atoms with Crippen LogP contribution in [0, 0.1) is 0 Å². The number of phenols is 1. The molecular weight excluding hydrogens is 362 g/mol. The number of imidazole rings is 1. The summed E-state index contributed by atoms with van der Waals surface area (Å²) >= 11 is 0. The van der Waals surface area contributed by atoms with E-state index in [1.54, 1.807) is 36.1 Å². The molecule has 0 aliphatic rings. The van der Waals surface area contributed by atoms with Crippen LogP contribution in [0.2, 0.25) is 0 Å². The smallest absolute Gasteiger partial charge is 0.332 e. The predicted molar refractivity (Wildman–Crippen MR) is 105 cm³/mol. The van der Waals surface area contributed by atoms with Crippen LogP contribution in [-0.4, -0.2) is 41.5 Å². The first kappa shape index (κ1) is 19.8. The van der Waals surface area contributed by atoms with Gasteiger partial charge < -0.3 is 20.1 Å². The molecule has 3 aromatic rings. The SMILES string of the molecule is CC(CCn1cnc2c1c(=O)n(C)c(=O)n2C)NCC(O)c1cccc(O)c1. The van der Waals surface area contributed by atoms with Gasteiger partial charge >= 0.3 is 5.69 Å². The van der Waals surface area contributed by atoms with Crippen molar-refractivity contribution in [1.29, 1.82) is 0 Å². The number of hydrogen-bond acceptors (Lipinski definition) is 6. The Bertz CT molecular complexity index is 1100. The molecule has 9 heteroatoms. The monoisotopic (exact) mass is 387 g/mol. The number of rotatable bonds is 7. The fraction of sp³-hybridized carbons (Fsp3) is 0.421. The fourth-order valence-electron chi connectivity index (χ4n) is 3.16. The molecule has 0 saturated carbocycles. The normalized spacial score (nSPS) is 13.7. The van der Waals surface area contributed by atoms with Crippen LogP contribution in [-0.2, 0) is 20.6 Å². The van der Waals surface area contributed by atoms with Crippen LogP contribution in [0.25, 0.3) is 11.2 Å². The van der Waals surface area contributed by atoms with Crippen LogP contribution >= 0.6 is 0 Å². The zero-order chi connectivity index (χ0) is 20.4. The van der Waals surface area contributed by atoms with Gasteiger partial charge in [0.2, 0.25) is 0 Å². The summed E-state index contributed by atoms with van der Waals surface area (Å²) in [5, 5.41) is 23.0. The minimum atomic E-state index is -0.731. The third-order valence-electron chi connectivity index (χ3n) is 4.93. The lowest BCUT2D eigenvalue weighted by molar-refractivity contribution is 0.169. The summed E-state index contributed by atoms with van der Waals surface area (Å²) in [7, 11) is 3.04. The number of phenolic OH excluding ortho intramolecular Hbond substituents is 1. The lowest BCUT2D eigenvalue weighted by Gasteiger charge is -2.18. The Labute approximate surface area is 161 Å². The summed E-state index contributed by atoms with van der Waals surface area (Å²) in [6, 6.07) is 6.61. The molecular formula is C19H25N5O4. The maximum absolute atomic E-state index is 12.4. The molecule has 0 bridgehead atoms. The molecule has 150 valence electrons. The summed E-state index contributed by atoms with van der Waals surface area (Å²) in [6.07, 6.45) is 1.54. The second-order valence-electron chi connectivity index (χ2n) is 7.02. The highest BCUT2D eigenvalue weighted by Crippen LogP contribution is 2.17. The van der Waals surface area contributed by atoms with Crippen molar-refractivity contribution in [2.24, 2.45) is 14.1 Å². The summed E-state index contributed by atoms with van der Waals surface area (Å²) in [5.74, 6) is 0.118. The van der Waals surface area contributed by atoms with Crippen molar-refractivity contribution < 1.29 is 10.2 Å². The number of nitrogens with zero attached hydrogens (tertiary/aromatic N) is 4. The number of hydrogen-bond donors (Lipinski definition) is 3. The lowest BCUT2D eigenvalue weighted by Crippen LogP contribution is -2.37. The summed E-state index contributed by atoms with van der Waals surface area (Å²) in [6.45, 7) is 2.87. The molecule has 2 aromatic heterocycles. The van der Waals surface area contributed by atoms with Crippen LogP contribution in [0.4, 0.5) is 0 Å². The quantitative estimate of drug-likeness (QED) is 0.535. The second-order valence-corrected chi connectivity index (χ2v) is 7.02. The highest BCUT2D eigenvalue weighted by Gasteiger charge is 2.15. The average Bonchev–Trinajstić information content (AvgIpc) is 3.11. The Balaban J connectivity index is 1.64. The van der Waals surface area contributed by atoms with Crippen LogP contribution in [0.5, 0.6) is 5.75 Å². The molecule has 9 nitrogen and oxygen atoms in total. The van der Waals surface area contributed by atoms with E-state index in [0.29, 0.717) is 36.2 Å². The van der Waals surface area contributed by atoms with Gasteiger partial charge in [0.25, 0.3) is 5.56 Å². The molecule has 2 unspecified atom stereocenters. The predicted octanol–water partition coefficient (Wildman–Crippen LogP) is 0.241. The number of fused-ring (bicyclic) bond motifs is 1. The molecule has 3 N–H and O–H groups in total. The topological polar surface area (TPSA) is 114 Å². The van der Waals surface area contributed by atoms with E-state index in [-0.39, 0.29) is 17.4 Å². The number of aromatic nitrogens is 4. The number of aromatic hydroxyl groups is 1. The summed E-state index contributed by atoms with van der Waals surface area (Å²) in [4.78, 5) is 28.6. The molecule has 0 aliphatic carbocycles. The van der Waals surface area contributed by atoms with Gasteiger partial charge in [-0.05, 0) is 31.0 Å². The molecule has 0 saturated heterocycles. The highest BCUT2D eigenvalue weighted by molar-refractivity contribution is 5.69. The van der Waals surface area contributed by atoms with Crippen molar-refractivity contribution in [1.82, 2.24) is 24.0 Å². The number of aliphatic hydroxyl groups excluding tert-OH is 1. The Kier molecular flexibility index (Phi) is 5.66. The molecule has 0 amide bonds. The molecule has 3 rings (SSSR count). The van der Waals surface area contributed by atoms with Crippen molar-refractivity contribution in [3.05, 3.63) is 57.0 Å². The van der Waals surface area contributed by atoms with Gasteiger partial charge in [0.05, 0.1) is 12.4 Å². The first-order chi connectivity index (χ1) is 13.3. The maximum atomic E-state index is 12.4. The maximum Gasteiger partial charge on any atom is 0.332 e. The number of nitrogens with one attached hydrogen (secondary N) is 1. The second kappa shape index (κ2) is 7.99. The van der Waals surface area contributed by atoms with Crippen molar-refractivity contribution in [3.63, 3.8) is 0 Å². The molecule has 0 radical (unpaired) electrons. The zero-order valence-corrected chi connectivity index (χ0v) is 16.2. The van der Waals surface area contributed by atoms with E-state index in [0.717, 1.165) is 4.57 Å². The van der Waals surface area contributed by atoms with Crippen LogP contribution in [0.15, 0.2) is 40.2 Å². The largest absolute Gasteiger partial charge is 0.508 e. The third-order valence-corrected chi connectivity index (χ3v) is 4.93. The average molecular weight is 387 g/mol. The van der Waals surface area contributed by atoms with Gasteiger partial charge in [0.1, 0.15) is 5.75 Å². The molecule has 0 aliphatic heterocycles. The van der Waals surface area contributed by atoms with Crippen molar-refractivity contribution in [2.45, 2.75) is 32.0 Å². The molecule has 0 fully saturated rings. The highest BCUT2D eigenvalue weighted by atomic mass is 16.3. The van der Waals surface area contributed by atoms with E-state index in [1.165, 1.54) is 17.7 Å². The minimum absolute atomic E-state index is 0.0702. The standard InChI is InChI=1S/C19H25N5O4/c1-12(20-10-15(26)13-5-4-6-14(25)9-13)7-8-24-11-21-17-16(24)18(27)23(3)19(28)22(17)2/h4-6,9,11-12,15,20,25-26H,7-8,10H2,1-3H3. The number of benzene rings is 1. The minimum Gasteiger partial charge on any atom is -0.508 e. The van der Waals surface area contributed by atoms with E-state index in [4.69, 9.17) is 0 Å². The Morgan fingerprint density at radius 1 is 1.21 bits per heavy atom. The van der Waals surface area contributed by atoms with E-state index >= 15 is 0 Å². The van der Waals surface area contributed by atoms with Gasteiger partial charge in [-0.2, -0.15) is 0 Å². The Morgan fingerprint density at radius 3 is 2.68 bits per heavy atom. The molecule has 2 atom stereocenters. The third kappa shape index (κ3) is 3.85. The van der Waals surface area contributed by atoms with E-state index in [1.807, 2.05) is 6.92 Å². The van der Waals surface area contributed by atoms with Gasteiger partial charge in [-0.15, -0.1) is 0 Å².